The zero-order chi connectivity index (χ0) is 18.9. The molecule has 2 aromatic carbocycles. The summed E-state index contributed by atoms with van der Waals surface area (Å²) in [5.74, 6) is -0.264. The number of amides is 1. The lowest BCUT2D eigenvalue weighted by molar-refractivity contribution is 0.0939. The minimum Gasteiger partial charge on any atom is -0.346 e. The first-order chi connectivity index (χ1) is 12.3. The molecule has 0 heterocycles. The maximum atomic E-state index is 12.6. The monoisotopic (exact) mass is 371 g/mol. The van der Waals surface area contributed by atoms with Gasteiger partial charge in [0.25, 0.3) is 5.91 Å². The van der Waals surface area contributed by atoms with Crippen molar-refractivity contribution in [3.05, 3.63) is 64.2 Å². The van der Waals surface area contributed by atoms with Gasteiger partial charge in [-0.05, 0) is 73.9 Å². The molecular formula is C21H25NO3S. The summed E-state index contributed by atoms with van der Waals surface area (Å²) >= 11 is 0. The van der Waals surface area contributed by atoms with Crippen molar-refractivity contribution in [1.82, 2.24) is 5.32 Å². The Bertz CT molecular complexity index is 948. The van der Waals surface area contributed by atoms with E-state index in [1.165, 1.54) is 30.0 Å². The van der Waals surface area contributed by atoms with E-state index in [2.05, 4.69) is 23.5 Å². The number of benzene rings is 2. The molecule has 5 heteroatoms. The van der Waals surface area contributed by atoms with Crippen LogP contribution in [0, 0.1) is 6.92 Å². The number of rotatable bonds is 4. The highest BCUT2D eigenvalue weighted by Gasteiger charge is 2.17. The summed E-state index contributed by atoms with van der Waals surface area (Å²) < 4.78 is 23.8. The first-order valence-electron chi connectivity index (χ1n) is 8.99. The van der Waals surface area contributed by atoms with Crippen LogP contribution in [0.25, 0.3) is 0 Å². The van der Waals surface area contributed by atoms with Crippen LogP contribution in [-0.4, -0.2) is 20.6 Å². The fourth-order valence-electron chi connectivity index (χ4n) is 3.53. The van der Waals surface area contributed by atoms with Crippen LogP contribution in [0.3, 0.4) is 0 Å². The van der Waals surface area contributed by atoms with Gasteiger partial charge in [-0.2, -0.15) is 0 Å². The molecule has 0 spiro atoms. The van der Waals surface area contributed by atoms with E-state index in [9.17, 15) is 13.2 Å². The molecular weight excluding hydrogens is 346 g/mol. The number of fused-ring (bicyclic) bond motifs is 1. The van der Waals surface area contributed by atoms with Gasteiger partial charge in [0.05, 0.1) is 10.9 Å². The number of hydrogen-bond acceptors (Lipinski definition) is 3. The molecule has 0 aliphatic heterocycles. The summed E-state index contributed by atoms with van der Waals surface area (Å²) in [5.41, 5.74) is 4.88. The Morgan fingerprint density at radius 1 is 1.04 bits per heavy atom. The molecule has 1 aliphatic rings. The Morgan fingerprint density at radius 3 is 2.42 bits per heavy atom. The molecule has 0 bridgehead atoms. The molecule has 1 N–H and O–H groups in total. The molecule has 0 saturated carbocycles. The third kappa shape index (κ3) is 3.98. The zero-order valence-electron chi connectivity index (χ0n) is 15.5. The van der Waals surface area contributed by atoms with Crippen LogP contribution in [0.5, 0.6) is 0 Å². The van der Waals surface area contributed by atoms with Gasteiger partial charge in [-0.15, -0.1) is 0 Å². The number of carbonyl (C=O) groups excluding carboxylic acids is 1. The standard InChI is InChI=1S/C21H25NO3S/c1-14-8-9-19(13-20(14)26(3,24)25)21(23)22-15(2)17-11-10-16-6-4-5-7-18(16)12-17/h8-13,15H,4-7H2,1-3H3,(H,22,23). The highest BCUT2D eigenvalue weighted by atomic mass is 32.2. The van der Waals surface area contributed by atoms with Crippen molar-refractivity contribution >= 4 is 15.7 Å². The fourth-order valence-corrected chi connectivity index (χ4v) is 4.52. The van der Waals surface area contributed by atoms with Crippen LogP contribution in [0.1, 0.15) is 58.4 Å². The lowest BCUT2D eigenvalue weighted by Gasteiger charge is -2.20. The second kappa shape index (κ2) is 7.23. The molecule has 0 saturated heterocycles. The van der Waals surface area contributed by atoms with E-state index in [0.29, 0.717) is 11.1 Å². The Kier molecular flexibility index (Phi) is 5.19. The van der Waals surface area contributed by atoms with Gasteiger partial charge in [0, 0.05) is 11.8 Å². The van der Waals surface area contributed by atoms with Crippen molar-refractivity contribution in [3.63, 3.8) is 0 Å². The van der Waals surface area contributed by atoms with Crippen molar-refractivity contribution in [1.29, 1.82) is 0 Å². The Labute approximate surface area is 155 Å². The van der Waals surface area contributed by atoms with Gasteiger partial charge < -0.3 is 5.32 Å². The quantitative estimate of drug-likeness (QED) is 0.890. The largest absolute Gasteiger partial charge is 0.346 e. The summed E-state index contributed by atoms with van der Waals surface area (Å²) in [7, 11) is -3.36. The molecule has 1 aliphatic carbocycles. The van der Waals surface area contributed by atoms with Gasteiger partial charge >= 0.3 is 0 Å². The summed E-state index contributed by atoms with van der Waals surface area (Å²) in [6, 6.07) is 11.1. The fraction of sp³-hybridized carbons (Fsp3) is 0.381. The number of hydrogen-bond donors (Lipinski definition) is 1. The summed E-state index contributed by atoms with van der Waals surface area (Å²) in [6.07, 6.45) is 5.85. The highest BCUT2D eigenvalue weighted by molar-refractivity contribution is 7.90. The second-order valence-corrected chi connectivity index (χ2v) is 9.17. The van der Waals surface area contributed by atoms with Crippen LogP contribution in [0.2, 0.25) is 0 Å². The average molecular weight is 372 g/mol. The second-order valence-electron chi connectivity index (χ2n) is 7.18. The summed E-state index contributed by atoms with van der Waals surface area (Å²) in [6.45, 7) is 3.68. The molecule has 138 valence electrons. The first-order valence-corrected chi connectivity index (χ1v) is 10.9. The maximum Gasteiger partial charge on any atom is 0.251 e. The van der Waals surface area contributed by atoms with E-state index >= 15 is 0 Å². The van der Waals surface area contributed by atoms with Gasteiger partial charge in [0.1, 0.15) is 0 Å². The molecule has 0 aromatic heterocycles. The first kappa shape index (κ1) is 18.6. The summed E-state index contributed by atoms with van der Waals surface area (Å²) in [4.78, 5) is 12.8. The SMILES string of the molecule is Cc1ccc(C(=O)NC(C)c2ccc3c(c2)CCCC3)cc1S(C)(=O)=O. The Morgan fingerprint density at radius 2 is 1.73 bits per heavy atom. The Hall–Kier alpha value is -2.14. The van der Waals surface area contributed by atoms with Gasteiger partial charge in [-0.3, -0.25) is 4.79 Å². The molecule has 1 unspecified atom stereocenters. The maximum absolute atomic E-state index is 12.6. The third-order valence-electron chi connectivity index (χ3n) is 5.07. The van der Waals surface area contributed by atoms with Crippen molar-refractivity contribution in [3.8, 4) is 0 Å². The van der Waals surface area contributed by atoms with Gasteiger partial charge in [0.2, 0.25) is 0 Å². The molecule has 2 aromatic rings. The predicted molar refractivity (Wildman–Crippen MR) is 103 cm³/mol. The molecule has 4 nitrogen and oxygen atoms in total. The zero-order valence-corrected chi connectivity index (χ0v) is 16.3. The molecule has 1 amide bonds. The van der Waals surface area contributed by atoms with Crippen molar-refractivity contribution < 1.29 is 13.2 Å². The van der Waals surface area contributed by atoms with Gasteiger partial charge in [0.15, 0.2) is 9.84 Å². The van der Waals surface area contributed by atoms with E-state index in [-0.39, 0.29) is 16.8 Å². The summed E-state index contributed by atoms with van der Waals surface area (Å²) in [5, 5.41) is 2.98. The lowest BCUT2D eigenvalue weighted by Crippen LogP contribution is -2.27. The van der Waals surface area contributed by atoms with Crippen molar-refractivity contribution in [2.75, 3.05) is 6.26 Å². The van der Waals surface area contributed by atoms with Crippen molar-refractivity contribution in [2.45, 2.75) is 50.5 Å². The lowest BCUT2D eigenvalue weighted by atomic mass is 9.89. The molecule has 3 rings (SSSR count). The number of nitrogens with one attached hydrogen (secondary N) is 1. The average Bonchev–Trinajstić information content (AvgIpc) is 2.60. The Balaban J connectivity index is 1.80. The minimum atomic E-state index is -3.36. The van der Waals surface area contributed by atoms with E-state index in [1.54, 1.807) is 19.1 Å². The molecule has 0 fully saturated rings. The predicted octanol–water partition coefficient (Wildman–Crippen LogP) is 3.77. The number of carbonyl (C=O) groups is 1. The van der Waals surface area contributed by atoms with Crippen LogP contribution in [0.4, 0.5) is 0 Å². The third-order valence-corrected chi connectivity index (χ3v) is 6.31. The number of aryl methyl sites for hydroxylation is 3. The number of sulfone groups is 1. The van der Waals surface area contributed by atoms with E-state index in [4.69, 9.17) is 0 Å². The van der Waals surface area contributed by atoms with Crippen LogP contribution < -0.4 is 5.32 Å². The van der Waals surface area contributed by atoms with Crippen LogP contribution in [0.15, 0.2) is 41.3 Å². The highest BCUT2D eigenvalue weighted by Crippen LogP contribution is 2.25. The van der Waals surface area contributed by atoms with Crippen LogP contribution in [-0.2, 0) is 22.7 Å². The van der Waals surface area contributed by atoms with E-state index in [1.807, 2.05) is 6.92 Å². The smallest absolute Gasteiger partial charge is 0.251 e. The molecule has 1 atom stereocenters. The van der Waals surface area contributed by atoms with Crippen molar-refractivity contribution in [2.24, 2.45) is 0 Å². The molecule has 26 heavy (non-hydrogen) atoms. The van der Waals surface area contributed by atoms with Crippen LogP contribution >= 0.6 is 0 Å². The topological polar surface area (TPSA) is 63.2 Å². The minimum absolute atomic E-state index is 0.141. The van der Waals surface area contributed by atoms with E-state index < -0.39 is 9.84 Å². The van der Waals surface area contributed by atoms with Gasteiger partial charge in [-0.1, -0.05) is 24.3 Å². The van der Waals surface area contributed by atoms with Gasteiger partial charge in [-0.25, -0.2) is 8.42 Å². The normalized spacial score (nSPS) is 15.2. The molecule has 0 radical (unpaired) electrons. The van der Waals surface area contributed by atoms with E-state index in [0.717, 1.165) is 24.7 Å².